The maximum absolute atomic E-state index is 11.9. The number of ether oxygens (including phenoxy) is 1. The first-order valence-corrected chi connectivity index (χ1v) is 8.93. The van der Waals surface area contributed by atoms with E-state index in [4.69, 9.17) is 27.9 Å². The van der Waals surface area contributed by atoms with E-state index in [1.807, 2.05) is 6.07 Å². The number of carbonyl (C=O) groups excluding carboxylic acids is 2. The molecule has 0 aliphatic rings. The van der Waals surface area contributed by atoms with E-state index in [-0.39, 0.29) is 5.91 Å². The van der Waals surface area contributed by atoms with Crippen LogP contribution in [0.5, 0.6) is 0 Å². The van der Waals surface area contributed by atoms with Crippen LogP contribution in [0.1, 0.15) is 29.8 Å². The molecule has 0 spiro atoms. The molecule has 7 heteroatoms. The molecule has 0 aliphatic heterocycles. The maximum atomic E-state index is 11.9. The largest absolute Gasteiger partial charge is 0.462 e. The van der Waals surface area contributed by atoms with E-state index in [1.54, 1.807) is 37.3 Å². The summed E-state index contributed by atoms with van der Waals surface area (Å²) < 4.78 is 5.02. The van der Waals surface area contributed by atoms with Crippen LogP contribution in [0.3, 0.4) is 0 Å². The van der Waals surface area contributed by atoms with Crippen LogP contribution in [0.2, 0.25) is 10.0 Å². The summed E-state index contributed by atoms with van der Waals surface area (Å²) in [5.41, 5.74) is 2.59. The zero-order valence-corrected chi connectivity index (χ0v) is 16.1. The Kier molecular flexibility index (Phi) is 7.30. The smallest absolute Gasteiger partial charge is 0.338 e. The third kappa shape index (κ3) is 5.64. The van der Waals surface area contributed by atoms with Crippen molar-refractivity contribution in [3.63, 3.8) is 0 Å². The first-order chi connectivity index (χ1) is 12.4. The van der Waals surface area contributed by atoms with Crippen molar-refractivity contribution >= 4 is 46.5 Å². The Labute approximate surface area is 162 Å². The van der Waals surface area contributed by atoms with E-state index in [1.165, 1.54) is 6.92 Å². The van der Waals surface area contributed by atoms with Crippen molar-refractivity contribution in [2.45, 2.75) is 20.3 Å². The molecule has 0 aliphatic carbocycles. The molecule has 2 rings (SSSR count). The molecule has 0 aromatic heterocycles. The molecule has 138 valence electrons. The fraction of sp³-hybridized carbons (Fsp3) is 0.263. The van der Waals surface area contributed by atoms with E-state index in [0.29, 0.717) is 46.6 Å². The highest BCUT2D eigenvalue weighted by molar-refractivity contribution is 6.35. The number of hydrogen-bond donors (Lipinski definition) is 2. The lowest BCUT2D eigenvalue weighted by molar-refractivity contribution is -0.114. The number of nitrogens with one attached hydrogen (secondary N) is 2. The van der Waals surface area contributed by atoms with Crippen LogP contribution in [-0.4, -0.2) is 25.0 Å². The molecule has 0 saturated carbocycles. The second-order valence-corrected chi connectivity index (χ2v) is 6.42. The van der Waals surface area contributed by atoms with Gasteiger partial charge in [-0.05, 0) is 49.2 Å². The Morgan fingerprint density at radius 2 is 1.85 bits per heavy atom. The lowest BCUT2D eigenvalue weighted by Crippen LogP contribution is -2.13. The van der Waals surface area contributed by atoms with Gasteiger partial charge in [0.25, 0.3) is 0 Å². The first-order valence-electron chi connectivity index (χ1n) is 8.17. The summed E-state index contributed by atoms with van der Waals surface area (Å²) in [6.07, 6.45) is 0.652. The topological polar surface area (TPSA) is 67.4 Å². The third-order valence-electron chi connectivity index (χ3n) is 3.57. The highest BCUT2D eigenvalue weighted by Crippen LogP contribution is 2.25. The van der Waals surface area contributed by atoms with E-state index >= 15 is 0 Å². The van der Waals surface area contributed by atoms with Crippen LogP contribution >= 0.6 is 23.2 Å². The summed E-state index contributed by atoms with van der Waals surface area (Å²) in [5.74, 6) is -0.608. The summed E-state index contributed by atoms with van der Waals surface area (Å²) in [6.45, 7) is 4.03. The highest BCUT2D eigenvalue weighted by atomic mass is 35.5. The Morgan fingerprint density at radius 3 is 2.50 bits per heavy atom. The molecule has 0 heterocycles. The molecule has 5 nitrogen and oxygen atoms in total. The van der Waals surface area contributed by atoms with Gasteiger partial charge in [0.15, 0.2) is 0 Å². The van der Waals surface area contributed by atoms with Crippen LogP contribution < -0.4 is 10.6 Å². The van der Waals surface area contributed by atoms with Gasteiger partial charge in [-0.25, -0.2) is 4.79 Å². The molecular formula is C19H20Cl2N2O3. The molecule has 1 amide bonds. The van der Waals surface area contributed by atoms with Crippen molar-refractivity contribution in [3.05, 3.63) is 57.6 Å². The second kappa shape index (κ2) is 9.46. The van der Waals surface area contributed by atoms with Crippen LogP contribution in [0.25, 0.3) is 0 Å². The zero-order chi connectivity index (χ0) is 19.1. The van der Waals surface area contributed by atoms with Crippen LogP contribution in [0, 0.1) is 0 Å². The first kappa shape index (κ1) is 20.1. The van der Waals surface area contributed by atoms with Crippen molar-refractivity contribution < 1.29 is 14.3 Å². The predicted molar refractivity (Wildman–Crippen MR) is 105 cm³/mol. The lowest BCUT2D eigenvalue weighted by Gasteiger charge is -2.14. The van der Waals surface area contributed by atoms with Gasteiger partial charge in [0.1, 0.15) is 0 Å². The van der Waals surface area contributed by atoms with Gasteiger partial charge in [-0.3, -0.25) is 4.79 Å². The number of halogens is 2. The van der Waals surface area contributed by atoms with Crippen LogP contribution in [0.15, 0.2) is 36.4 Å². The number of rotatable bonds is 7. The normalized spacial score (nSPS) is 10.3. The summed E-state index contributed by atoms with van der Waals surface area (Å²) in [5, 5.41) is 7.16. The monoisotopic (exact) mass is 394 g/mol. The fourth-order valence-electron chi connectivity index (χ4n) is 2.39. The molecule has 0 atom stereocenters. The van der Waals surface area contributed by atoms with E-state index in [9.17, 15) is 9.59 Å². The van der Waals surface area contributed by atoms with Gasteiger partial charge in [-0.1, -0.05) is 29.3 Å². The molecule has 0 fully saturated rings. The van der Waals surface area contributed by atoms with Gasteiger partial charge in [-0.15, -0.1) is 0 Å². The van der Waals surface area contributed by atoms with E-state index in [0.717, 1.165) is 5.56 Å². The second-order valence-electron chi connectivity index (χ2n) is 5.57. The minimum atomic E-state index is -0.411. The minimum absolute atomic E-state index is 0.197. The molecule has 2 aromatic carbocycles. The van der Waals surface area contributed by atoms with Gasteiger partial charge >= 0.3 is 5.97 Å². The molecule has 2 aromatic rings. The molecule has 0 saturated heterocycles. The Morgan fingerprint density at radius 1 is 1.08 bits per heavy atom. The Hall–Kier alpha value is -2.24. The molecule has 26 heavy (non-hydrogen) atoms. The third-order valence-corrected chi connectivity index (χ3v) is 4.15. The van der Waals surface area contributed by atoms with Gasteiger partial charge in [0.05, 0.1) is 23.5 Å². The van der Waals surface area contributed by atoms with E-state index in [2.05, 4.69) is 10.6 Å². The van der Waals surface area contributed by atoms with Crippen molar-refractivity contribution in [2.75, 3.05) is 23.8 Å². The number of hydrogen-bond acceptors (Lipinski definition) is 4. The minimum Gasteiger partial charge on any atom is -0.462 e. The summed E-state index contributed by atoms with van der Waals surface area (Å²) >= 11 is 12.1. The van der Waals surface area contributed by atoms with Crippen molar-refractivity contribution in [1.29, 1.82) is 0 Å². The zero-order valence-electron chi connectivity index (χ0n) is 14.6. The number of carbonyl (C=O) groups is 2. The van der Waals surface area contributed by atoms with Crippen molar-refractivity contribution in [3.8, 4) is 0 Å². The SMILES string of the molecule is CCOC(=O)c1ccc(NC(C)=O)c(NCCc2ccc(Cl)cc2Cl)c1. The average molecular weight is 395 g/mol. The molecule has 2 N–H and O–H groups in total. The molecular weight excluding hydrogens is 375 g/mol. The molecule has 0 radical (unpaired) electrons. The van der Waals surface area contributed by atoms with E-state index < -0.39 is 5.97 Å². The van der Waals surface area contributed by atoms with Gasteiger partial charge in [0, 0.05) is 23.5 Å². The molecule has 0 bridgehead atoms. The highest BCUT2D eigenvalue weighted by Gasteiger charge is 2.11. The fourth-order valence-corrected chi connectivity index (χ4v) is 2.89. The predicted octanol–water partition coefficient (Wildman–Crippen LogP) is 4.78. The van der Waals surface area contributed by atoms with Gasteiger partial charge < -0.3 is 15.4 Å². The number of benzene rings is 2. The van der Waals surface area contributed by atoms with Crippen LogP contribution in [0.4, 0.5) is 11.4 Å². The average Bonchev–Trinajstić information content (AvgIpc) is 2.58. The number of amides is 1. The molecule has 0 unspecified atom stereocenters. The number of anilines is 2. The van der Waals surface area contributed by atoms with Gasteiger partial charge in [-0.2, -0.15) is 0 Å². The number of esters is 1. The van der Waals surface area contributed by atoms with Crippen LogP contribution in [-0.2, 0) is 16.0 Å². The summed E-state index contributed by atoms with van der Waals surface area (Å²) in [4.78, 5) is 23.3. The quantitative estimate of drug-likeness (QED) is 0.662. The maximum Gasteiger partial charge on any atom is 0.338 e. The van der Waals surface area contributed by atoms with Crippen molar-refractivity contribution in [1.82, 2.24) is 0 Å². The summed E-state index contributed by atoms with van der Waals surface area (Å²) in [7, 11) is 0. The standard InChI is InChI=1S/C19H20Cl2N2O3/c1-3-26-19(25)14-5-7-17(23-12(2)24)18(10-14)22-9-8-13-4-6-15(20)11-16(13)21/h4-7,10-11,22H,3,8-9H2,1-2H3,(H,23,24). The Bertz CT molecular complexity index is 809. The Balaban J connectivity index is 2.14. The summed E-state index contributed by atoms with van der Waals surface area (Å²) in [6, 6.07) is 10.3. The lowest BCUT2D eigenvalue weighted by atomic mass is 10.1. The van der Waals surface area contributed by atoms with Gasteiger partial charge in [0.2, 0.25) is 5.91 Å². The van der Waals surface area contributed by atoms with Crippen molar-refractivity contribution in [2.24, 2.45) is 0 Å².